The molecule has 0 unspecified atom stereocenters. The molecule has 72 valence electrons. The Morgan fingerprint density at radius 3 is 2.92 bits per heavy atom. The Morgan fingerprint density at radius 2 is 2.38 bits per heavy atom. The van der Waals surface area contributed by atoms with E-state index in [1.54, 1.807) is 0 Å². The number of aromatic nitrogens is 3. The predicted molar refractivity (Wildman–Crippen MR) is 46.6 cm³/mol. The highest BCUT2D eigenvalue weighted by Gasteiger charge is 2.11. The Balaban J connectivity index is 2.44. The van der Waals surface area contributed by atoms with Gasteiger partial charge in [0.25, 0.3) is 0 Å². The van der Waals surface area contributed by atoms with E-state index in [2.05, 4.69) is 10.1 Å². The molecule has 0 radical (unpaired) electrons. The molecule has 0 N–H and O–H groups in total. The number of aryl methyl sites for hydroxylation is 1. The molecule has 1 aromatic rings. The fraction of sp³-hybridized carbons (Fsp3) is 0.667. The number of nitro groups is 1. The number of hydrogen-bond donors (Lipinski definition) is 0. The zero-order valence-corrected chi connectivity index (χ0v) is 7.65. The summed E-state index contributed by atoms with van der Waals surface area (Å²) in [5.41, 5.74) is 0. The van der Waals surface area contributed by atoms with Crippen molar-refractivity contribution in [2.24, 2.45) is 0 Å². The second kappa shape index (κ2) is 4.76. The van der Waals surface area contributed by atoms with E-state index in [1.807, 2.05) is 0 Å². The van der Waals surface area contributed by atoms with Gasteiger partial charge in [-0.2, -0.15) is 4.68 Å². The van der Waals surface area contributed by atoms with Crippen LogP contribution in [0.25, 0.3) is 0 Å². The Hall–Kier alpha value is -1.17. The number of nitrogens with zero attached hydrogens (tertiary/aromatic N) is 4. The lowest BCUT2D eigenvalue weighted by Gasteiger charge is -1.92. The van der Waals surface area contributed by atoms with Gasteiger partial charge < -0.3 is 10.1 Å². The highest BCUT2D eigenvalue weighted by Crippen LogP contribution is 2.01. The van der Waals surface area contributed by atoms with Gasteiger partial charge >= 0.3 is 5.95 Å². The number of halogens is 1. The lowest BCUT2D eigenvalue weighted by atomic mass is 10.3. The first-order valence-electron chi connectivity index (χ1n) is 3.84. The quantitative estimate of drug-likeness (QED) is 0.313. The van der Waals surface area contributed by atoms with E-state index in [4.69, 9.17) is 11.6 Å². The molecule has 0 atom stereocenters. The molecule has 13 heavy (non-hydrogen) atoms. The lowest BCUT2D eigenvalue weighted by molar-refractivity contribution is -0.394. The van der Waals surface area contributed by atoms with Crippen molar-refractivity contribution in [3.63, 3.8) is 0 Å². The van der Waals surface area contributed by atoms with Crippen LogP contribution in [0.5, 0.6) is 0 Å². The van der Waals surface area contributed by atoms with Gasteiger partial charge in [-0.25, -0.2) is 0 Å². The first-order valence-corrected chi connectivity index (χ1v) is 4.37. The molecule has 0 amide bonds. The molecule has 7 heteroatoms. The Bertz CT molecular complexity index is 288. The zero-order chi connectivity index (χ0) is 9.68. The summed E-state index contributed by atoms with van der Waals surface area (Å²) >= 11 is 5.47. The fourth-order valence-electron chi connectivity index (χ4n) is 0.844. The van der Waals surface area contributed by atoms with Crippen LogP contribution < -0.4 is 0 Å². The molecule has 0 aliphatic rings. The number of rotatable bonds is 5. The van der Waals surface area contributed by atoms with Crippen molar-refractivity contribution in [1.29, 1.82) is 0 Å². The van der Waals surface area contributed by atoms with E-state index < -0.39 is 4.92 Å². The lowest BCUT2D eigenvalue weighted by Crippen LogP contribution is -1.99. The molecular formula is C6H9ClN4O2. The van der Waals surface area contributed by atoms with Crippen LogP contribution in [0.15, 0.2) is 6.33 Å². The molecule has 6 nitrogen and oxygen atoms in total. The van der Waals surface area contributed by atoms with Gasteiger partial charge in [0, 0.05) is 11.0 Å². The number of alkyl halides is 1. The Labute approximate surface area is 79.7 Å². The topological polar surface area (TPSA) is 73.8 Å². The molecule has 0 spiro atoms. The summed E-state index contributed by atoms with van der Waals surface area (Å²) in [6.45, 7) is 0.619. The minimum atomic E-state index is -0.613. The van der Waals surface area contributed by atoms with E-state index in [9.17, 15) is 10.1 Å². The summed E-state index contributed by atoms with van der Waals surface area (Å²) in [5, 5.41) is 13.8. The second-order valence-corrected chi connectivity index (χ2v) is 2.84. The van der Waals surface area contributed by atoms with Crippen molar-refractivity contribution in [2.45, 2.75) is 19.4 Å². The van der Waals surface area contributed by atoms with E-state index in [0.717, 1.165) is 12.8 Å². The standard InChI is InChI=1S/C6H9ClN4O2/c7-3-1-2-4-10-5-8-6(9-10)11(12)13/h5H,1-4H2. The maximum atomic E-state index is 10.2. The molecule has 0 aliphatic carbocycles. The molecule has 0 bridgehead atoms. The Morgan fingerprint density at radius 1 is 1.62 bits per heavy atom. The highest BCUT2D eigenvalue weighted by molar-refractivity contribution is 6.17. The number of hydrogen-bond acceptors (Lipinski definition) is 4. The summed E-state index contributed by atoms with van der Waals surface area (Å²) in [4.78, 5) is 13.1. The van der Waals surface area contributed by atoms with Gasteiger partial charge in [0.2, 0.25) is 6.33 Å². The third-order valence-corrected chi connectivity index (χ3v) is 1.73. The summed E-state index contributed by atoms with van der Waals surface area (Å²) in [7, 11) is 0. The molecule has 0 aliphatic heterocycles. The van der Waals surface area contributed by atoms with Gasteiger partial charge in [-0.3, -0.25) is 0 Å². The molecule has 1 heterocycles. The van der Waals surface area contributed by atoms with E-state index in [1.165, 1.54) is 11.0 Å². The van der Waals surface area contributed by atoms with Crippen molar-refractivity contribution >= 4 is 17.5 Å². The van der Waals surface area contributed by atoms with E-state index >= 15 is 0 Å². The normalized spacial score (nSPS) is 10.2. The fourth-order valence-corrected chi connectivity index (χ4v) is 1.03. The van der Waals surface area contributed by atoms with Crippen LogP contribution >= 0.6 is 11.6 Å². The van der Waals surface area contributed by atoms with Crippen LogP contribution in [0.4, 0.5) is 5.95 Å². The maximum Gasteiger partial charge on any atom is 0.490 e. The molecule has 0 aromatic carbocycles. The second-order valence-electron chi connectivity index (χ2n) is 2.46. The monoisotopic (exact) mass is 204 g/mol. The van der Waals surface area contributed by atoms with Crippen LogP contribution in [0, 0.1) is 10.1 Å². The average Bonchev–Trinajstić information content (AvgIpc) is 2.53. The summed E-state index contributed by atoms with van der Waals surface area (Å²) in [6, 6.07) is 0. The van der Waals surface area contributed by atoms with Crippen molar-refractivity contribution in [3.05, 3.63) is 16.4 Å². The minimum absolute atomic E-state index is 0.356. The van der Waals surface area contributed by atoms with Gasteiger partial charge in [-0.15, -0.1) is 11.6 Å². The summed E-state index contributed by atoms with van der Waals surface area (Å²) in [5.74, 6) is 0.238. The van der Waals surface area contributed by atoms with Crippen molar-refractivity contribution < 1.29 is 4.92 Å². The third-order valence-electron chi connectivity index (χ3n) is 1.46. The summed E-state index contributed by atoms with van der Waals surface area (Å²) in [6.07, 6.45) is 3.07. The molecule has 1 aromatic heterocycles. The van der Waals surface area contributed by atoms with Crippen molar-refractivity contribution in [3.8, 4) is 0 Å². The van der Waals surface area contributed by atoms with Gasteiger partial charge in [0.1, 0.15) is 0 Å². The van der Waals surface area contributed by atoms with Crippen LogP contribution in [0.3, 0.4) is 0 Å². The molecule has 0 fully saturated rings. The maximum absolute atomic E-state index is 10.2. The SMILES string of the molecule is O=[N+]([O-])c1ncn(CCCCCl)n1. The molecule has 0 saturated heterocycles. The third kappa shape index (κ3) is 2.98. The zero-order valence-electron chi connectivity index (χ0n) is 6.89. The van der Waals surface area contributed by atoms with E-state index in [-0.39, 0.29) is 5.95 Å². The molecule has 0 saturated carbocycles. The van der Waals surface area contributed by atoms with Gasteiger partial charge in [0.05, 0.1) is 6.54 Å². The predicted octanol–water partition coefficient (Wildman–Crippen LogP) is 1.21. The highest BCUT2D eigenvalue weighted by atomic mass is 35.5. The van der Waals surface area contributed by atoms with Gasteiger partial charge in [-0.1, -0.05) is 4.98 Å². The largest absolute Gasteiger partial charge is 0.490 e. The Kier molecular flexibility index (Phi) is 3.63. The summed E-state index contributed by atoms with van der Waals surface area (Å²) < 4.78 is 1.45. The van der Waals surface area contributed by atoms with Gasteiger partial charge in [-0.05, 0) is 17.8 Å². The average molecular weight is 205 g/mol. The molecular weight excluding hydrogens is 196 g/mol. The van der Waals surface area contributed by atoms with Crippen LogP contribution in [-0.2, 0) is 6.54 Å². The number of unbranched alkanes of at least 4 members (excludes halogenated alkanes) is 1. The smallest absolute Gasteiger partial charge is 0.390 e. The van der Waals surface area contributed by atoms with Crippen LogP contribution in [-0.4, -0.2) is 25.6 Å². The van der Waals surface area contributed by atoms with E-state index in [0.29, 0.717) is 12.4 Å². The first-order chi connectivity index (χ1) is 6.24. The van der Waals surface area contributed by atoms with Gasteiger partial charge in [0.15, 0.2) is 0 Å². The van der Waals surface area contributed by atoms with Crippen LogP contribution in [0.2, 0.25) is 0 Å². The van der Waals surface area contributed by atoms with Crippen LogP contribution in [0.1, 0.15) is 12.8 Å². The minimum Gasteiger partial charge on any atom is -0.390 e. The molecule has 1 rings (SSSR count). The van der Waals surface area contributed by atoms with Crippen molar-refractivity contribution in [2.75, 3.05) is 5.88 Å². The first kappa shape index (κ1) is 9.91. The van der Waals surface area contributed by atoms with Crippen molar-refractivity contribution in [1.82, 2.24) is 14.8 Å².